The molecule has 1 fully saturated rings. The van der Waals surface area contributed by atoms with Crippen LogP contribution >= 0.6 is 0 Å². The Morgan fingerprint density at radius 2 is 1.94 bits per heavy atom. The quantitative estimate of drug-likeness (QED) is 0.666. The van der Waals surface area contributed by atoms with Gasteiger partial charge in [0.25, 0.3) is 0 Å². The van der Waals surface area contributed by atoms with E-state index in [1.165, 1.54) is 12.8 Å². The van der Waals surface area contributed by atoms with Crippen LogP contribution in [0.1, 0.15) is 47.0 Å². The van der Waals surface area contributed by atoms with Gasteiger partial charge in [-0.25, -0.2) is 0 Å². The highest BCUT2D eigenvalue weighted by Crippen LogP contribution is 2.22. The first kappa shape index (κ1) is 14.7. The maximum atomic E-state index is 12.1. The van der Waals surface area contributed by atoms with Gasteiger partial charge in [0.2, 0.25) is 7.28 Å². The molecule has 1 atom stereocenters. The maximum absolute atomic E-state index is 12.1. The van der Waals surface area contributed by atoms with E-state index in [0.29, 0.717) is 17.7 Å². The summed E-state index contributed by atoms with van der Waals surface area (Å²) in [5.74, 6) is 1.20. The Bertz CT molecular complexity index is 244. The van der Waals surface area contributed by atoms with Gasteiger partial charge in [0, 0.05) is 12.6 Å². The van der Waals surface area contributed by atoms with Crippen molar-refractivity contribution < 1.29 is 4.79 Å². The van der Waals surface area contributed by atoms with Crippen molar-refractivity contribution in [3.8, 4) is 0 Å². The van der Waals surface area contributed by atoms with Gasteiger partial charge in [0.05, 0.1) is 0 Å². The van der Waals surface area contributed by atoms with Crippen molar-refractivity contribution in [1.82, 2.24) is 4.90 Å². The van der Waals surface area contributed by atoms with Gasteiger partial charge < -0.3 is 4.90 Å². The second-order valence-electron chi connectivity index (χ2n) is 5.81. The zero-order valence-corrected chi connectivity index (χ0v) is 11.8. The summed E-state index contributed by atoms with van der Waals surface area (Å²) in [7, 11) is 4.19. The second kappa shape index (κ2) is 7.13. The van der Waals surface area contributed by atoms with Crippen molar-refractivity contribution in [3.63, 3.8) is 0 Å². The number of likely N-dealkylation sites (tertiary alicyclic amines) is 1. The zero-order chi connectivity index (χ0) is 12.8. The fraction of sp³-hybridized carbons (Fsp3) is 0.923. The minimum atomic E-state index is 0.238. The molecule has 94 valence electrons. The molecule has 1 aliphatic rings. The summed E-state index contributed by atoms with van der Waals surface area (Å²) in [6.45, 7) is 9.48. The smallest absolute Gasteiger partial charge is 0.235 e. The fourth-order valence-electron chi connectivity index (χ4n) is 2.35. The maximum Gasteiger partial charge on any atom is 0.235 e. The first-order chi connectivity index (χ1) is 8.00. The Kier molecular flexibility index (Phi) is 6.15. The van der Waals surface area contributed by atoms with Gasteiger partial charge in [-0.1, -0.05) is 45.6 Å². The predicted octanol–water partition coefficient (Wildman–Crippen LogP) is 3.44. The van der Waals surface area contributed by atoms with E-state index in [2.05, 4.69) is 39.9 Å². The van der Waals surface area contributed by atoms with Crippen LogP contribution in [0.4, 0.5) is 4.79 Å². The molecular weight excluding hydrogens is 208 g/mol. The van der Waals surface area contributed by atoms with E-state index in [-0.39, 0.29) is 5.81 Å². The normalized spacial score (nSPS) is 20.8. The van der Waals surface area contributed by atoms with Crippen LogP contribution in [0.3, 0.4) is 0 Å². The molecule has 0 spiro atoms. The van der Waals surface area contributed by atoms with Crippen molar-refractivity contribution in [3.05, 3.63) is 0 Å². The van der Waals surface area contributed by atoms with E-state index >= 15 is 0 Å². The van der Waals surface area contributed by atoms with E-state index in [4.69, 9.17) is 0 Å². The van der Waals surface area contributed by atoms with Crippen LogP contribution in [0.25, 0.3) is 0 Å². The third-order valence-electron chi connectivity index (χ3n) is 3.27. The first-order valence-corrected chi connectivity index (χ1v) is 6.99. The molecule has 0 aromatic rings. The molecule has 2 nitrogen and oxygen atoms in total. The summed E-state index contributed by atoms with van der Waals surface area (Å²) in [6.07, 6.45) is 4.65. The van der Waals surface area contributed by atoms with Crippen LogP contribution in [0.2, 0.25) is 18.0 Å². The van der Waals surface area contributed by atoms with Crippen molar-refractivity contribution in [2.75, 3.05) is 6.54 Å². The van der Waals surface area contributed by atoms with Gasteiger partial charge >= 0.3 is 0 Å². The zero-order valence-electron chi connectivity index (χ0n) is 11.8. The molecule has 1 rings (SSSR count). The Morgan fingerprint density at radius 1 is 1.24 bits per heavy atom. The molecule has 4 heteroatoms. The lowest BCUT2D eigenvalue weighted by molar-refractivity contribution is 0.178. The SMILES string of the molecule is CC(C)[B]CC1CCCCN1C(=O)[B]C(C)C. The summed E-state index contributed by atoms with van der Waals surface area (Å²) in [5.41, 5.74) is 0. The van der Waals surface area contributed by atoms with E-state index in [1.807, 2.05) is 7.28 Å². The first-order valence-electron chi connectivity index (χ1n) is 6.99. The monoisotopic (exact) mass is 233 g/mol. The average molecular weight is 233 g/mol. The number of hydrogen-bond donors (Lipinski definition) is 0. The predicted molar refractivity (Wildman–Crippen MR) is 76.3 cm³/mol. The van der Waals surface area contributed by atoms with Crippen molar-refractivity contribution >= 4 is 20.4 Å². The van der Waals surface area contributed by atoms with Gasteiger partial charge in [-0.05, 0) is 19.3 Å². The molecule has 0 bridgehead atoms. The van der Waals surface area contributed by atoms with Crippen LogP contribution in [0.15, 0.2) is 0 Å². The van der Waals surface area contributed by atoms with Crippen LogP contribution in [0.5, 0.6) is 0 Å². The Morgan fingerprint density at radius 3 is 2.53 bits per heavy atom. The highest BCUT2D eigenvalue weighted by atomic mass is 16.2. The molecule has 0 aliphatic carbocycles. The van der Waals surface area contributed by atoms with Gasteiger partial charge in [-0.3, -0.25) is 4.79 Å². The molecule has 2 radical (unpaired) electrons. The molecule has 1 unspecified atom stereocenters. The lowest BCUT2D eigenvalue weighted by Crippen LogP contribution is -2.46. The number of nitrogens with zero attached hydrogens (tertiary/aromatic N) is 1. The number of hydrogen-bond acceptors (Lipinski definition) is 1. The molecule has 1 amide bonds. The third-order valence-corrected chi connectivity index (χ3v) is 3.27. The van der Waals surface area contributed by atoms with Crippen LogP contribution in [-0.2, 0) is 0 Å². The molecule has 1 aliphatic heterocycles. The minimum Gasteiger partial charge on any atom is -0.350 e. The molecule has 0 aromatic heterocycles. The Labute approximate surface area is 108 Å². The standard InChI is InChI=1S/C13H25B2NO/c1-10(2)14-9-12-7-5-6-8-16(12)13(17)15-11(3)4/h10-12H,5-9H2,1-4H3. The Hall–Kier alpha value is -0.400. The molecule has 1 saturated heterocycles. The van der Waals surface area contributed by atoms with Crippen molar-refractivity contribution in [2.24, 2.45) is 0 Å². The molecule has 0 N–H and O–H groups in total. The van der Waals surface area contributed by atoms with Crippen LogP contribution < -0.4 is 0 Å². The van der Waals surface area contributed by atoms with E-state index in [1.54, 1.807) is 0 Å². The fourth-order valence-corrected chi connectivity index (χ4v) is 2.35. The highest BCUT2D eigenvalue weighted by molar-refractivity contribution is 6.74. The molecule has 17 heavy (non-hydrogen) atoms. The molecule has 0 aromatic carbocycles. The number of amides is 1. The number of rotatable bonds is 5. The van der Waals surface area contributed by atoms with E-state index in [0.717, 1.165) is 19.3 Å². The average Bonchev–Trinajstić information content (AvgIpc) is 2.25. The minimum absolute atomic E-state index is 0.238. The van der Waals surface area contributed by atoms with Crippen molar-refractivity contribution in [2.45, 2.75) is 71.0 Å². The van der Waals surface area contributed by atoms with Gasteiger partial charge in [-0.2, -0.15) is 0 Å². The summed E-state index contributed by atoms with van der Waals surface area (Å²) in [4.78, 5) is 14.2. The largest absolute Gasteiger partial charge is 0.350 e. The number of carbonyl (C=O) groups excluding carboxylic acids is 1. The van der Waals surface area contributed by atoms with Crippen molar-refractivity contribution in [1.29, 1.82) is 0 Å². The summed E-state index contributed by atoms with van der Waals surface area (Å²) >= 11 is 0. The van der Waals surface area contributed by atoms with E-state index in [9.17, 15) is 4.79 Å². The van der Waals surface area contributed by atoms with E-state index < -0.39 is 0 Å². The van der Waals surface area contributed by atoms with Crippen LogP contribution in [0, 0.1) is 0 Å². The Balaban J connectivity index is 2.49. The number of carbonyl (C=O) groups is 1. The third kappa shape index (κ3) is 5.18. The van der Waals surface area contributed by atoms with Gasteiger partial charge in [0.15, 0.2) is 5.81 Å². The topological polar surface area (TPSA) is 20.3 Å². The lowest BCUT2D eigenvalue weighted by atomic mass is 9.60. The van der Waals surface area contributed by atoms with Crippen LogP contribution in [-0.4, -0.2) is 37.9 Å². The summed E-state index contributed by atoms with van der Waals surface area (Å²) in [5, 5.41) is 0. The number of piperidine rings is 1. The lowest BCUT2D eigenvalue weighted by Gasteiger charge is -2.37. The van der Waals surface area contributed by atoms with Gasteiger partial charge in [-0.15, -0.1) is 0 Å². The molecular formula is C13H25B2NO. The molecule has 0 saturated carbocycles. The molecule has 1 heterocycles. The summed E-state index contributed by atoms with van der Waals surface area (Å²) in [6, 6.07) is 0.439. The highest BCUT2D eigenvalue weighted by Gasteiger charge is 2.26. The summed E-state index contributed by atoms with van der Waals surface area (Å²) < 4.78 is 0. The van der Waals surface area contributed by atoms with Gasteiger partial charge in [0.1, 0.15) is 7.28 Å². The second-order valence-corrected chi connectivity index (χ2v) is 5.81.